The van der Waals surface area contributed by atoms with Crippen molar-refractivity contribution in [3.05, 3.63) is 65.7 Å². The molecule has 34 heavy (non-hydrogen) atoms. The summed E-state index contributed by atoms with van der Waals surface area (Å²) < 4.78 is 112. The number of rotatable bonds is 2. The van der Waals surface area contributed by atoms with Crippen LogP contribution in [0, 0.1) is 17.6 Å². The van der Waals surface area contributed by atoms with Crippen LogP contribution in [-0.4, -0.2) is 41.8 Å². The molecule has 0 saturated carbocycles. The minimum Gasteiger partial charge on any atom is -0.348 e. The van der Waals surface area contributed by atoms with E-state index in [2.05, 4.69) is 4.99 Å². The number of halogens is 8. The van der Waals surface area contributed by atoms with Crippen LogP contribution in [0.4, 0.5) is 45.6 Å². The number of hydrogen-bond acceptors (Lipinski definition) is 4. The molecular weight excluding hydrogens is 480 g/mol. The molecule has 2 aliphatic rings. The van der Waals surface area contributed by atoms with Crippen LogP contribution in [0.25, 0.3) is 0 Å². The zero-order valence-corrected chi connectivity index (χ0v) is 16.5. The second-order valence-corrected chi connectivity index (χ2v) is 7.45. The lowest BCUT2D eigenvalue weighted by Gasteiger charge is -2.51. The van der Waals surface area contributed by atoms with Crippen LogP contribution in [0.3, 0.4) is 0 Å². The molecule has 0 radical (unpaired) electrons. The summed E-state index contributed by atoms with van der Waals surface area (Å²) in [6, 6.07) is 5.47. The van der Waals surface area contributed by atoms with Crippen molar-refractivity contribution < 1.29 is 44.7 Å². The van der Waals surface area contributed by atoms with Crippen molar-refractivity contribution in [3.63, 3.8) is 0 Å². The number of urea groups is 1. The van der Waals surface area contributed by atoms with Gasteiger partial charge in [0.1, 0.15) is 29.6 Å². The molecule has 2 aliphatic heterocycles. The Balaban J connectivity index is 2.00. The van der Waals surface area contributed by atoms with Crippen molar-refractivity contribution in [3.8, 4) is 0 Å². The topological polar surface area (TPSA) is 73.8 Å². The van der Waals surface area contributed by atoms with Gasteiger partial charge in [0, 0.05) is 11.3 Å². The fourth-order valence-corrected chi connectivity index (χ4v) is 3.91. The maximum atomic E-state index is 14.2. The molecule has 2 heterocycles. The Morgan fingerprint density at radius 1 is 0.824 bits per heavy atom. The number of nitrogens with zero attached hydrogens (tertiary/aromatic N) is 2. The molecule has 2 N–H and O–H groups in total. The first-order valence-electron chi connectivity index (χ1n) is 9.41. The minimum absolute atomic E-state index is 0.316. The van der Waals surface area contributed by atoms with Gasteiger partial charge in [0.15, 0.2) is 0 Å². The summed E-state index contributed by atoms with van der Waals surface area (Å²) in [7, 11) is 0. The molecular formula is C20H12F8N4O2. The number of carbonyl (C=O) groups excluding carboxylic acids is 2. The number of aliphatic imine (C=N–C) groups is 1. The van der Waals surface area contributed by atoms with E-state index in [9.17, 15) is 44.7 Å². The normalized spacial score (nSPS) is 22.5. The second-order valence-electron chi connectivity index (χ2n) is 7.45. The lowest BCUT2D eigenvalue weighted by molar-refractivity contribution is -0.318. The maximum absolute atomic E-state index is 14.2. The highest BCUT2D eigenvalue weighted by Gasteiger charge is 2.80. The van der Waals surface area contributed by atoms with Gasteiger partial charge >= 0.3 is 18.4 Å². The van der Waals surface area contributed by atoms with Crippen molar-refractivity contribution in [1.82, 2.24) is 10.6 Å². The Hall–Kier alpha value is -3.71. The van der Waals surface area contributed by atoms with Crippen LogP contribution >= 0.6 is 0 Å². The first kappa shape index (κ1) is 23.4. The highest BCUT2D eigenvalue weighted by Crippen LogP contribution is 2.52. The summed E-state index contributed by atoms with van der Waals surface area (Å²) >= 11 is 0. The van der Waals surface area contributed by atoms with E-state index in [1.54, 1.807) is 0 Å². The first-order valence-corrected chi connectivity index (χ1v) is 9.41. The van der Waals surface area contributed by atoms with Gasteiger partial charge in [0.2, 0.25) is 11.4 Å². The number of fused-ring (bicyclic) bond motifs is 1. The van der Waals surface area contributed by atoms with Gasteiger partial charge in [-0.2, -0.15) is 26.3 Å². The van der Waals surface area contributed by atoms with Gasteiger partial charge in [0.25, 0.3) is 0 Å². The highest BCUT2D eigenvalue weighted by atomic mass is 19.4. The number of nitrogens with one attached hydrogen (secondary N) is 2. The van der Waals surface area contributed by atoms with E-state index >= 15 is 0 Å². The predicted molar refractivity (Wildman–Crippen MR) is 101 cm³/mol. The molecule has 0 aliphatic carbocycles. The third kappa shape index (κ3) is 3.53. The predicted octanol–water partition coefficient (Wildman–Crippen LogP) is 3.88. The first-order chi connectivity index (χ1) is 15.8. The van der Waals surface area contributed by atoms with Crippen LogP contribution in [0.5, 0.6) is 0 Å². The number of amidine groups is 1. The van der Waals surface area contributed by atoms with Gasteiger partial charge < -0.3 is 5.32 Å². The highest BCUT2D eigenvalue weighted by molar-refractivity contribution is 6.10. The van der Waals surface area contributed by atoms with Crippen molar-refractivity contribution in [2.24, 2.45) is 10.9 Å². The molecule has 2 atom stereocenters. The molecule has 2 aromatic carbocycles. The molecule has 0 spiro atoms. The number of carbonyl (C=O) groups is 2. The quantitative estimate of drug-likeness (QED) is 0.626. The molecule has 14 heteroatoms. The van der Waals surface area contributed by atoms with Gasteiger partial charge in [-0.1, -0.05) is 0 Å². The van der Waals surface area contributed by atoms with Crippen molar-refractivity contribution in [2.75, 3.05) is 4.90 Å². The van der Waals surface area contributed by atoms with Gasteiger partial charge in [-0.05, 0) is 48.5 Å². The Kier molecular flexibility index (Phi) is 5.29. The van der Waals surface area contributed by atoms with Gasteiger partial charge in [-0.3, -0.25) is 15.0 Å². The number of alkyl halides is 6. The Morgan fingerprint density at radius 3 is 1.82 bits per heavy atom. The minimum atomic E-state index is -6.11. The van der Waals surface area contributed by atoms with Gasteiger partial charge in [-0.15, -0.1) is 0 Å². The molecule has 2 aromatic rings. The summed E-state index contributed by atoms with van der Waals surface area (Å²) in [6.07, 6.45) is -14.6. The third-order valence-corrected chi connectivity index (χ3v) is 5.45. The van der Waals surface area contributed by atoms with E-state index in [0.717, 1.165) is 48.5 Å². The van der Waals surface area contributed by atoms with Crippen LogP contribution in [0.15, 0.2) is 53.5 Å². The van der Waals surface area contributed by atoms with E-state index in [-0.39, 0.29) is 11.3 Å². The fourth-order valence-electron chi connectivity index (χ4n) is 3.91. The van der Waals surface area contributed by atoms with Gasteiger partial charge in [0.05, 0.1) is 0 Å². The molecule has 4 rings (SSSR count). The number of hydrogen-bond donors (Lipinski definition) is 2. The van der Waals surface area contributed by atoms with E-state index in [1.165, 1.54) is 10.6 Å². The largest absolute Gasteiger partial charge is 0.421 e. The van der Waals surface area contributed by atoms with Crippen molar-refractivity contribution in [1.29, 1.82) is 0 Å². The van der Waals surface area contributed by atoms with Crippen LogP contribution in [0.2, 0.25) is 0 Å². The van der Waals surface area contributed by atoms with E-state index < -0.39 is 59.4 Å². The molecule has 0 unspecified atom stereocenters. The Morgan fingerprint density at radius 2 is 1.32 bits per heavy atom. The fraction of sp³-hybridized carbons (Fsp3) is 0.250. The summed E-state index contributed by atoms with van der Waals surface area (Å²) in [4.78, 5) is 29.3. The van der Waals surface area contributed by atoms with E-state index in [4.69, 9.17) is 0 Å². The number of anilines is 1. The van der Waals surface area contributed by atoms with E-state index in [0.29, 0.717) is 4.90 Å². The number of benzene rings is 2. The lowest BCUT2D eigenvalue weighted by Crippen LogP contribution is -2.81. The molecule has 0 aromatic heterocycles. The molecule has 1 fully saturated rings. The number of imide groups is 1. The van der Waals surface area contributed by atoms with Crippen LogP contribution in [-0.2, 0) is 4.79 Å². The molecule has 0 bridgehead atoms. The Labute approximate surface area is 185 Å². The average molecular weight is 492 g/mol. The summed E-state index contributed by atoms with van der Waals surface area (Å²) in [5, 5.41) is 2.83. The average Bonchev–Trinajstić information content (AvgIpc) is 2.73. The van der Waals surface area contributed by atoms with Crippen LogP contribution in [0.1, 0.15) is 5.56 Å². The zero-order chi connectivity index (χ0) is 25.1. The number of amides is 3. The third-order valence-electron chi connectivity index (χ3n) is 5.45. The molecule has 3 amide bonds. The van der Waals surface area contributed by atoms with Crippen molar-refractivity contribution >= 4 is 23.5 Å². The lowest BCUT2D eigenvalue weighted by atomic mass is 9.76. The summed E-state index contributed by atoms with van der Waals surface area (Å²) in [6.45, 7) is 0. The maximum Gasteiger partial charge on any atom is 0.421 e. The molecule has 180 valence electrons. The zero-order valence-electron chi connectivity index (χ0n) is 16.5. The second kappa shape index (κ2) is 7.67. The molecule has 6 nitrogen and oxygen atoms in total. The standard InChI is InChI=1S/C20H12F8N4O2/c21-10-3-1-9(2-4-10)14-29-15-13(18(31-14,19(23,24)25)20(26,27)28)16(33)30-17(34)32(15)12-7-5-11(22)6-8-12/h1-8,13,15H,(H,29,31)(H,30,33,34)/t13-,15+/m0/s1. The monoisotopic (exact) mass is 492 g/mol. The van der Waals surface area contributed by atoms with Gasteiger partial charge in [-0.25, -0.2) is 18.6 Å². The summed E-state index contributed by atoms with van der Waals surface area (Å²) in [5.41, 5.74) is -5.56. The smallest absolute Gasteiger partial charge is 0.348 e. The SMILES string of the molecule is O=C1NC(=O)N(c2ccc(F)cc2)[C@H]2N=C(c3ccc(F)cc3)NC(C(F)(F)F)(C(F)(F)F)[C@H]12. The Bertz CT molecular complexity index is 1150. The molecule has 1 saturated heterocycles. The summed E-state index contributed by atoms with van der Waals surface area (Å²) in [5.74, 6) is -7.48. The van der Waals surface area contributed by atoms with Crippen molar-refractivity contribution in [2.45, 2.75) is 24.1 Å². The van der Waals surface area contributed by atoms with E-state index in [1.807, 2.05) is 0 Å². The van der Waals surface area contributed by atoms with Crippen LogP contribution < -0.4 is 15.5 Å².